The number of aliphatic hydroxyl groups is 1. The van der Waals surface area contributed by atoms with Gasteiger partial charge in [-0.1, -0.05) is 60.7 Å². The molecule has 2 heterocycles. The van der Waals surface area contributed by atoms with Gasteiger partial charge >= 0.3 is 6.09 Å². The highest BCUT2D eigenvalue weighted by Crippen LogP contribution is 2.31. The van der Waals surface area contributed by atoms with Crippen molar-refractivity contribution in [3.8, 4) is 0 Å². The predicted molar refractivity (Wildman–Crippen MR) is 141 cm³/mol. The maximum atomic E-state index is 13.3. The Morgan fingerprint density at radius 1 is 1.10 bits per heavy atom. The lowest BCUT2D eigenvalue weighted by molar-refractivity contribution is -0.142. The first-order valence-corrected chi connectivity index (χ1v) is 13.0. The van der Waals surface area contributed by atoms with Gasteiger partial charge in [0, 0.05) is 0 Å². The first-order chi connectivity index (χ1) is 19.0. The van der Waals surface area contributed by atoms with E-state index in [1.165, 1.54) is 6.08 Å². The van der Waals surface area contributed by atoms with Gasteiger partial charge in [-0.25, -0.2) is 9.69 Å². The van der Waals surface area contributed by atoms with Crippen LogP contribution in [0.1, 0.15) is 30.5 Å². The van der Waals surface area contributed by atoms with E-state index < -0.39 is 36.2 Å². The summed E-state index contributed by atoms with van der Waals surface area (Å²) in [5, 5.41) is 9.55. The number of aliphatic hydroxyl groups excluding tert-OH is 1. The third-order valence-corrected chi connectivity index (χ3v) is 6.54. The van der Waals surface area contributed by atoms with Crippen LogP contribution in [0.3, 0.4) is 0 Å². The number of ketones is 1. The molecule has 0 radical (unpaired) electrons. The quantitative estimate of drug-likeness (QED) is 0.409. The average molecular weight is 536 g/mol. The summed E-state index contributed by atoms with van der Waals surface area (Å²) in [4.78, 5) is 39.4. The molecule has 1 fully saturated rings. The third kappa shape index (κ3) is 7.41. The monoisotopic (exact) mass is 535 g/mol. The Morgan fingerprint density at radius 2 is 1.82 bits per heavy atom. The maximum Gasteiger partial charge on any atom is 0.417 e. The SMILES string of the molecule is C[C@H](C(=O)N1C(=O)OC[C@@H]1c1ccccc1)[C@@H]1OC(=CCCOC[C@@H](CO)OCc2ccccc2)C=CC1=O. The lowest BCUT2D eigenvalue weighted by atomic mass is 9.96. The highest BCUT2D eigenvalue weighted by Gasteiger charge is 2.44. The highest BCUT2D eigenvalue weighted by atomic mass is 16.6. The molecule has 0 spiro atoms. The first kappa shape index (κ1) is 28.2. The molecule has 0 unspecified atom stereocenters. The number of cyclic esters (lactones) is 1. The summed E-state index contributed by atoms with van der Waals surface area (Å²) in [6.07, 6.45) is 2.92. The van der Waals surface area contributed by atoms with Gasteiger partial charge in [-0.15, -0.1) is 0 Å². The summed E-state index contributed by atoms with van der Waals surface area (Å²) in [5.41, 5.74) is 1.78. The summed E-state index contributed by atoms with van der Waals surface area (Å²) < 4.78 is 22.4. The Kier molecular flexibility index (Phi) is 10.0. The van der Waals surface area contributed by atoms with Crippen molar-refractivity contribution < 1.29 is 38.4 Å². The molecule has 0 saturated carbocycles. The number of ether oxygens (including phenoxy) is 4. The number of carbonyl (C=O) groups is 3. The second kappa shape index (κ2) is 13.8. The number of rotatable bonds is 12. The molecule has 2 aromatic carbocycles. The van der Waals surface area contributed by atoms with Gasteiger partial charge < -0.3 is 24.1 Å². The van der Waals surface area contributed by atoms with Crippen molar-refractivity contribution in [3.05, 3.63) is 95.8 Å². The summed E-state index contributed by atoms with van der Waals surface area (Å²) in [5.74, 6) is -1.36. The fraction of sp³-hybridized carbons (Fsp3) is 0.367. The van der Waals surface area contributed by atoms with Gasteiger partial charge in [0.1, 0.15) is 24.5 Å². The van der Waals surface area contributed by atoms with Gasteiger partial charge in [0.25, 0.3) is 0 Å². The van der Waals surface area contributed by atoms with E-state index in [0.717, 1.165) is 16.0 Å². The molecule has 2 aromatic rings. The molecule has 206 valence electrons. The maximum absolute atomic E-state index is 13.3. The van der Waals surface area contributed by atoms with Crippen LogP contribution in [0.5, 0.6) is 0 Å². The number of imide groups is 1. The molecule has 0 aromatic heterocycles. The van der Waals surface area contributed by atoms with Crippen LogP contribution in [0.2, 0.25) is 0 Å². The fourth-order valence-electron chi connectivity index (χ4n) is 4.34. The molecule has 9 nitrogen and oxygen atoms in total. The predicted octanol–water partition coefficient (Wildman–Crippen LogP) is 3.74. The van der Waals surface area contributed by atoms with Crippen LogP contribution in [0.25, 0.3) is 0 Å². The number of hydrogen-bond acceptors (Lipinski definition) is 8. The Morgan fingerprint density at radius 3 is 2.54 bits per heavy atom. The van der Waals surface area contributed by atoms with Crippen molar-refractivity contribution in [1.82, 2.24) is 4.90 Å². The second-order valence-electron chi connectivity index (χ2n) is 9.35. The smallest absolute Gasteiger partial charge is 0.417 e. The second-order valence-corrected chi connectivity index (χ2v) is 9.35. The van der Waals surface area contributed by atoms with Crippen molar-refractivity contribution in [3.63, 3.8) is 0 Å². The minimum atomic E-state index is -1.07. The van der Waals surface area contributed by atoms with Gasteiger partial charge in [-0.05, 0) is 42.7 Å². The summed E-state index contributed by atoms with van der Waals surface area (Å²) >= 11 is 0. The zero-order valence-electron chi connectivity index (χ0n) is 21.8. The molecule has 2 amide bonds. The minimum Gasteiger partial charge on any atom is -0.482 e. The largest absolute Gasteiger partial charge is 0.482 e. The number of benzene rings is 2. The standard InChI is InChI=1S/C30H33NO8/c1-21(29(34)31-26(20-38-30(31)35)23-11-6-3-7-12-23)28-27(33)15-14-24(39-28)13-8-16-36-19-25(17-32)37-18-22-9-4-2-5-10-22/h2-7,9-15,21,25-26,28,32H,8,16-20H2,1H3/t21-,25+,26+,28-/m0/s1. The molecule has 2 aliphatic rings. The summed E-state index contributed by atoms with van der Waals surface area (Å²) in [6.45, 7) is 2.42. The lowest BCUT2D eigenvalue weighted by Crippen LogP contribution is -2.45. The van der Waals surface area contributed by atoms with Gasteiger partial charge in [0.15, 0.2) is 11.9 Å². The van der Waals surface area contributed by atoms with Crippen LogP contribution in [0.4, 0.5) is 4.79 Å². The normalized spacial score (nSPS) is 21.5. The average Bonchev–Trinajstić information content (AvgIpc) is 3.36. The van der Waals surface area contributed by atoms with Crippen LogP contribution in [0, 0.1) is 5.92 Å². The fourth-order valence-corrected chi connectivity index (χ4v) is 4.34. The Balaban J connectivity index is 1.27. The number of amides is 2. The Bertz CT molecular complexity index is 1180. The van der Waals surface area contributed by atoms with Crippen molar-refractivity contribution in [2.75, 3.05) is 26.4 Å². The van der Waals surface area contributed by atoms with Crippen LogP contribution in [-0.2, 0) is 35.1 Å². The van der Waals surface area contributed by atoms with E-state index in [0.29, 0.717) is 25.4 Å². The Labute approximate surface area is 227 Å². The van der Waals surface area contributed by atoms with Crippen molar-refractivity contribution in [1.29, 1.82) is 0 Å². The van der Waals surface area contributed by atoms with Crippen LogP contribution in [-0.4, -0.2) is 66.4 Å². The molecular weight excluding hydrogens is 502 g/mol. The zero-order chi connectivity index (χ0) is 27.6. The molecule has 4 atom stereocenters. The molecule has 0 bridgehead atoms. The van der Waals surface area contributed by atoms with Crippen molar-refractivity contribution >= 4 is 17.8 Å². The molecule has 1 saturated heterocycles. The molecular formula is C30H33NO8. The van der Waals surface area contributed by atoms with E-state index in [4.69, 9.17) is 18.9 Å². The van der Waals surface area contributed by atoms with Crippen LogP contribution < -0.4 is 0 Å². The van der Waals surface area contributed by atoms with Crippen LogP contribution >= 0.6 is 0 Å². The van der Waals surface area contributed by atoms with E-state index in [-0.39, 0.29) is 25.6 Å². The highest BCUT2D eigenvalue weighted by molar-refractivity contribution is 6.01. The van der Waals surface area contributed by atoms with Crippen molar-refractivity contribution in [2.45, 2.75) is 38.2 Å². The van der Waals surface area contributed by atoms with E-state index in [1.54, 1.807) is 19.1 Å². The Hall–Kier alpha value is -3.79. The van der Waals surface area contributed by atoms with E-state index >= 15 is 0 Å². The van der Waals surface area contributed by atoms with Crippen LogP contribution in [0.15, 0.2) is 84.7 Å². The molecule has 0 aliphatic carbocycles. The zero-order valence-corrected chi connectivity index (χ0v) is 21.8. The number of hydrogen-bond donors (Lipinski definition) is 1. The van der Waals surface area contributed by atoms with Gasteiger partial charge in [0.2, 0.25) is 5.91 Å². The summed E-state index contributed by atoms with van der Waals surface area (Å²) in [7, 11) is 0. The van der Waals surface area contributed by atoms with Crippen molar-refractivity contribution in [2.24, 2.45) is 5.92 Å². The first-order valence-electron chi connectivity index (χ1n) is 13.0. The lowest BCUT2D eigenvalue weighted by Gasteiger charge is -2.29. The van der Waals surface area contributed by atoms with E-state index in [9.17, 15) is 19.5 Å². The summed E-state index contributed by atoms with van der Waals surface area (Å²) in [6, 6.07) is 18.3. The molecule has 9 heteroatoms. The van der Waals surface area contributed by atoms with E-state index in [1.807, 2.05) is 60.7 Å². The van der Waals surface area contributed by atoms with E-state index in [2.05, 4.69) is 0 Å². The minimum absolute atomic E-state index is 0.0558. The molecule has 1 N–H and O–H groups in total. The number of carbonyl (C=O) groups excluding carboxylic acids is 3. The molecule has 2 aliphatic heterocycles. The topological polar surface area (TPSA) is 112 Å². The van der Waals surface area contributed by atoms with Gasteiger partial charge in [-0.2, -0.15) is 0 Å². The molecule has 4 rings (SSSR count). The molecule has 39 heavy (non-hydrogen) atoms. The van der Waals surface area contributed by atoms with Gasteiger partial charge in [0.05, 0.1) is 32.3 Å². The number of nitrogens with zero attached hydrogens (tertiary/aromatic N) is 1. The van der Waals surface area contributed by atoms with Gasteiger partial charge in [-0.3, -0.25) is 9.59 Å². The third-order valence-electron chi connectivity index (χ3n) is 6.54. The number of allylic oxidation sites excluding steroid dienone is 1.